The van der Waals surface area contributed by atoms with Gasteiger partial charge in [0.05, 0.1) is 12.0 Å². The largest absolute Gasteiger partial charge is 0.393 e. The summed E-state index contributed by atoms with van der Waals surface area (Å²) in [6, 6.07) is 11.7. The van der Waals surface area contributed by atoms with Gasteiger partial charge in [-0.1, -0.05) is 18.2 Å². The molecule has 1 aliphatic heterocycles. The first-order valence-corrected chi connectivity index (χ1v) is 11.0. The molecule has 1 fully saturated rings. The number of likely N-dealkylation sites (N-methyl/N-ethyl adjacent to an activating group) is 1. The second-order valence-electron chi connectivity index (χ2n) is 8.45. The Hall–Kier alpha value is -3.46. The zero-order chi connectivity index (χ0) is 24.3. The molecule has 34 heavy (non-hydrogen) atoms. The second kappa shape index (κ2) is 9.80. The molecule has 2 N–H and O–H groups in total. The van der Waals surface area contributed by atoms with E-state index in [-0.39, 0.29) is 5.56 Å². The minimum Gasteiger partial charge on any atom is -0.354 e. The molecular formula is C25H26F3N5O. The highest BCUT2D eigenvalue weighted by molar-refractivity contribution is 6.05. The van der Waals surface area contributed by atoms with Gasteiger partial charge in [-0.15, -0.1) is 0 Å². The number of hydrogen-bond acceptors (Lipinski definition) is 5. The molecule has 1 atom stereocenters. The molecule has 1 aromatic carbocycles. The third kappa shape index (κ3) is 5.72. The molecule has 178 valence electrons. The van der Waals surface area contributed by atoms with Gasteiger partial charge in [-0.05, 0) is 50.2 Å². The molecule has 0 bridgehead atoms. The predicted molar refractivity (Wildman–Crippen MR) is 126 cm³/mol. The number of aryl methyl sites for hydroxylation is 1. The van der Waals surface area contributed by atoms with Gasteiger partial charge in [-0.2, -0.15) is 13.2 Å². The van der Waals surface area contributed by atoms with Crippen LogP contribution in [0.4, 0.5) is 24.7 Å². The van der Waals surface area contributed by atoms with Crippen LogP contribution in [0.1, 0.15) is 28.0 Å². The lowest BCUT2D eigenvalue weighted by molar-refractivity contribution is -0.127. The summed E-state index contributed by atoms with van der Waals surface area (Å²) in [4.78, 5) is 24.1. The Bertz CT molecular complexity index is 1150. The van der Waals surface area contributed by atoms with Crippen LogP contribution in [0, 0.1) is 6.92 Å². The number of nitrogens with zero attached hydrogens (tertiary/aromatic N) is 3. The quantitative estimate of drug-likeness (QED) is 0.552. The molecule has 1 amide bonds. The molecule has 2 aromatic heterocycles. The van der Waals surface area contributed by atoms with E-state index < -0.39 is 18.5 Å². The van der Waals surface area contributed by atoms with Crippen molar-refractivity contribution in [3.8, 4) is 11.1 Å². The predicted octanol–water partition coefficient (Wildman–Crippen LogP) is 4.61. The van der Waals surface area contributed by atoms with Crippen molar-refractivity contribution >= 4 is 17.4 Å². The zero-order valence-corrected chi connectivity index (χ0v) is 19.0. The molecule has 1 aliphatic rings. The van der Waals surface area contributed by atoms with Gasteiger partial charge < -0.3 is 15.5 Å². The van der Waals surface area contributed by atoms with Crippen molar-refractivity contribution in [1.29, 1.82) is 0 Å². The van der Waals surface area contributed by atoms with Crippen LogP contribution in [-0.2, 0) is 6.42 Å². The average Bonchev–Trinajstić information content (AvgIpc) is 3.29. The van der Waals surface area contributed by atoms with E-state index >= 15 is 0 Å². The monoisotopic (exact) mass is 469 g/mol. The van der Waals surface area contributed by atoms with Crippen LogP contribution in [0.2, 0.25) is 0 Å². The van der Waals surface area contributed by atoms with E-state index in [4.69, 9.17) is 0 Å². The summed E-state index contributed by atoms with van der Waals surface area (Å²) in [6.45, 7) is 3.57. The number of aromatic nitrogens is 2. The smallest absolute Gasteiger partial charge is 0.354 e. The van der Waals surface area contributed by atoms with Gasteiger partial charge in [0.15, 0.2) is 0 Å². The van der Waals surface area contributed by atoms with Crippen molar-refractivity contribution < 1.29 is 18.0 Å². The first-order valence-electron chi connectivity index (χ1n) is 11.0. The Morgan fingerprint density at radius 2 is 1.88 bits per heavy atom. The molecule has 1 saturated heterocycles. The summed E-state index contributed by atoms with van der Waals surface area (Å²) in [7, 11) is 1.94. The second-order valence-corrected chi connectivity index (χ2v) is 8.45. The fourth-order valence-corrected chi connectivity index (χ4v) is 4.00. The van der Waals surface area contributed by atoms with Crippen LogP contribution >= 0.6 is 0 Å². The number of amides is 1. The van der Waals surface area contributed by atoms with Crippen molar-refractivity contribution in [3.63, 3.8) is 0 Å². The Labute approximate surface area is 196 Å². The minimum atomic E-state index is -4.28. The third-order valence-corrected chi connectivity index (χ3v) is 5.86. The topological polar surface area (TPSA) is 70.2 Å². The number of pyridine rings is 2. The van der Waals surface area contributed by atoms with Crippen molar-refractivity contribution in [2.45, 2.75) is 32.0 Å². The molecule has 0 radical (unpaired) electrons. The number of carbonyl (C=O) groups excluding carboxylic acids is 1. The Kier molecular flexibility index (Phi) is 6.83. The number of hydrogen-bond donors (Lipinski definition) is 2. The molecule has 0 spiro atoms. The first-order chi connectivity index (χ1) is 16.2. The average molecular weight is 470 g/mol. The SMILES string of the molecule is CN[C@@H]1CCN(c2ncc(C(=O)Nc3ccc(CC(F)(F)F)cc3)cc2-c2ccc(C)nc2)C1. The number of halogens is 3. The van der Waals surface area contributed by atoms with Crippen molar-refractivity contribution in [2.24, 2.45) is 0 Å². The van der Waals surface area contributed by atoms with Crippen LogP contribution in [0.5, 0.6) is 0 Å². The first kappa shape index (κ1) is 23.7. The highest BCUT2D eigenvalue weighted by Gasteiger charge is 2.28. The Balaban J connectivity index is 1.59. The number of nitrogens with one attached hydrogen (secondary N) is 2. The zero-order valence-electron chi connectivity index (χ0n) is 19.0. The van der Waals surface area contributed by atoms with Gasteiger partial charge in [-0.25, -0.2) is 4.98 Å². The normalized spacial score (nSPS) is 16.0. The molecule has 4 rings (SSSR count). The number of alkyl halides is 3. The van der Waals surface area contributed by atoms with Crippen LogP contribution < -0.4 is 15.5 Å². The van der Waals surface area contributed by atoms with Crippen LogP contribution in [0.3, 0.4) is 0 Å². The van der Waals surface area contributed by atoms with E-state index in [0.717, 1.165) is 42.1 Å². The Morgan fingerprint density at radius 1 is 1.12 bits per heavy atom. The van der Waals surface area contributed by atoms with Gasteiger partial charge in [-0.3, -0.25) is 9.78 Å². The minimum absolute atomic E-state index is 0.135. The van der Waals surface area contributed by atoms with Crippen molar-refractivity contribution in [1.82, 2.24) is 15.3 Å². The van der Waals surface area contributed by atoms with Gasteiger partial charge in [0.1, 0.15) is 5.82 Å². The summed E-state index contributed by atoms with van der Waals surface area (Å²) in [5.41, 5.74) is 3.44. The van der Waals surface area contributed by atoms with Crippen LogP contribution in [0.15, 0.2) is 54.9 Å². The highest BCUT2D eigenvalue weighted by atomic mass is 19.4. The number of anilines is 2. The summed E-state index contributed by atoms with van der Waals surface area (Å²) in [5, 5.41) is 6.04. The van der Waals surface area contributed by atoms with E-state index in [9.17, 15) is 18.0 Å². The number of carbonyl (C=O) groups is 1. The lowest BCUT2D eigenvalue weighted by Gasteiger charge is -2.21. The highest BCUT2D eigenvalue weighted by Crippen LogP contribution is 2.32. The maximum absolute atomic E-state index is 12.9. The summed E-state index contributed by atoms with van der Waals surface area (Å²) in [5.74, 6) is 0.398. The van der Waals surface area contributed by atoms with Crippen molar-refractivity contribution in [2.75, 3.05) is 30.4 Å². The summed E-state index contributed by atoms with van der Waals surface area (Å²) < 4.78 is 37.7. The fraction of sp³-hybridized carbons (Fsp3) is 0.320. The molecule has 0 saturated carbocycles. The number of rotatable bonds is 6. The molecule has 0 unspecified atom stereocenters. The van der Waals surface area contributed by atoms with E-state index in [0.29, 0.717) is 17.3 Å². The molecular weight excluding hydrogens is 443 g/mol. The molecule has 6 nitrogen and oxygen atoms in total. The van der Waals surface area contributed by atoms with Gasteiger partial charge in [0, 0.05) is 54.0 Å². The molecule has 9 heteroatoms. The Morgan fingerprint density at radius 3 is 2.50 bits per heavy atom. The van der Waals surface area contributed by atoms with Crippen LogP contribution in [0.25, 0.3) is 11.1 Å². The van der Waals surface area contributed by atoms with Gasteiger partial charge in [0.2, 0.25) is 0 Å². The van der Waals surface area contributed by atoms with Gasteiger partial charge in [0.25, 0.3) is 5.91 Å². The maximum Gasteiger partial charge on any atom is 0.393 e. The standard InChI is InChI=1S/C25H26F3N5O/c1-16-3-6-18(13-30-16)22-11-19(14-31-23(22)33-10-9-21(15-33)29-2)24(34)32-20-7-4-17(5-8-20)12-25(26,27)28/h3-8,11,13-14,21,29H,9-10,12,15H2,1-2H3,(H,32,34)/t21-/m1/s1. The van der Waals surface area contributed by atoms with E-state index in [1.807, 2.05) is 26.1 Å². The van der Waals surface area contributed by atoms with E-state index in [1.54, 1.807) is 12.3 Å². The number of benzene rings is 1. The van der Waals surface area contributed by atoms with E-state index in [2.05, 4.69) is 25.5 Å². The van der Waals surface area contributed by atoms with Crippen LogP contribution in [-0.4, -0.2) is 48.2 Å². The fourth-order valence-electron chi connectivity index (χ4n) is 4.00. The van der Waals surface area contributed by atoms with E-state index in [1.165, 1.54) is 30.5 Å². The lowest BCUT2D eigenvalue weighted by Crippen LogP contribution is -2.30. The summed E-state index contributed by atoms with van der Waals surface area (Å²) in [6.07, 6.45) is -0.993. The molecule has 0 aliphatic carbocycles. The van der Waals surface area contributed by atoms with Crippen molar-refractivity contribution in [3.05, 3.63) is 71.7 Å². The lowest BCUT2D eigenvalue weighted by atomic mass is 10.0. The molecule has 3 aromatic rings. The van der Waals surface area contributed by atoms with Gasteiger partial charge >= 0.3 is 6.18 Å². The summed E-state index contributed by atoms with van der Waals surface area (Å²) >= 11 is 0. The molecule has 3 heterocycles. The maximum atomic E-state index is 12.9. The third-order valence-electron chi connectivity index (χ3n) is 5.86.